The summed E-state index contributed by atoms with van der Waals surface area (Å²) in [5, 5.41) is 3.23. The Bertz CT molecular complexity index is 486. The standard InChI is InChI=1S/C13H20BrNO2S/c1-4-15-12(10(2)3)9-18(16,17)13-8-6-5-7-11(13)14/h5-8,10,12,15H,4,9H2,1-3H3. The third-order valence-electron chi connectivity index (χ3n) is 2.84. The van der Waals surface area contributed by atoms with E-state index in [0.29, 0.717) is 9.37 Å². The molecule has 1 N–H and O–H groups in total. The lowest BCUT2D eigenvalue weighted by Crippen LogP contribution is -2.39. The molecule has 5 heteroatoms. The lowest BCUT2D eigenvalue weighted by Gasteiger charge is -2.21. The van der Waals surface area contributed by atoms with Gasteiger partial charge in [0.25, 0.3) is 0 Å². The van der Waals surface area contributed by atoms with E-state index in [1.807, 2.05) is 26.8 Å². The summed E-state index contributed by atoms with van der Waals surface area (Å²) >= 11 is 3.30. The minimum atomic E-state index is -3.27. The van der Waals surface area contributed by atoms with Gasteiger partial charge in [0.15, 0.2) is 9.84 Å². The van der Waals surface area contributed by atoms with Crippen LogP contribution >= 0.6 is 15.9 Å². The summed E-state index contributed by atoms with van der Waals surface area (Å²) < 4.78 is 25.4. The molecule has 0 spiro atoms. The van der Waals surface area contributed by atoms with Crippen molar-refractivity contribution in [3.63, 3.8) is 0 Å². The smallest absolute Gasteiger partial charge is 0.181 e. The molecule has 3 nitrogen and oxygen atoms in total. The molecule has 1 rings (SSSR count). The van der Waals surface area contributed by atoms with Gasteiger partial charge in [-0.2, -0.15) is 0 Å². The molecule has 1 aromatic carbocycles. The molecule has 0 bridgehead atoms. The molecule has 0 radical (unpaired) electrons. The van der Waals surface area contributed by atoms with E-state index in [1.165, 1.54) is 0 Å². The van der Waals surface area contributed by atoms with Gasteiger partial charge in [-0.25, -0.2) is 8.42 Å². The number of rotatable bonds is 6. The van der Waals surface area contributed by atoms with Gasteiger partial charge >= 0.3 is 0 Å². The zero-order valence-electron chi connectivity index (χ0n) is 11.0. The summed E-state index contributed by atoms with van der Waals surface area (Å²) in [6.07, 6.45) is 0. The Morgan fingerprint density at radius 2 is 1.89 bits per heavy atom. The van der Waals surface area contributed by atoms with Crippen LogP contribution in [0.4, 0.5) is 0 Å². The Hall–Kier alpha value is -0.390. The van der Waals surface area contributed by atoms with Gasteiger partial charge in [-0.15, -0.1) is 0 Å². The van der Waals surface area contributed by atoms with Crippen LogP contribution < -0.4 is 5.32 Å². The van der Waals surface area contributed by atoms with Crippen LogP contribution in [0, 0.1) is 5.92 Å². The van der Waals surface area contributed by atoms with Crippen LogP contribution in [0.3, 0.4) is 0 Å². The Kier molecular flexibility index (Phi) is 5.82. The molecule has 0 aromatic heterocycles. The van der Waals surface area contributed by atoms with Crippen LogP contribution in [0.5, 0.6) is 0 Å². The molecule has 18 heavy (non-hydrogen) atoms. The second-order valence-corrected chi connectivity index (χ2v) is 7.48. The van der Waals surface area contributed by atoms with Gasteiger partial charge in [0.05, 0.1) is 10.6 Å². The van der Waals surface area contributed by atoms with E-state index in [2.05, 4.69) is 21.2 Å². The molecule has 0 saturated carbocycles. The van der Waals surface area contributed by atoms with Crippen LogP contribution in [0.25, 0.3) is 0 Å². The van der Waals surface area contributed by atoms with Gasteiger partial charge in [0.1, 0.15) is 0 Å². The Morgan fingerprint density at radius 1 is 1.28 bits per heavy atom. The first-order chi connectivity index (χ1) is 8.38. The zero-order valence-corrected chi connectivity index (χ0v) is 13.4. The van der Waals surface area contributed by atoms with E-state index in [1.54, 1.807) is 18.2 Å². The van der Waals surface area contributed by atoms with Crippen LogP contribution in [0.2, 0.25) is 0 Å². The Labute approximate surface area is 118 Å². The quantitative estimate of drug-likeness (QED) is 0.870. The highest BCUT2D eigenvalue weighted by atomic mass is 79.9. The fraction of sp³-hybridized carbons (Fsp3) is 0.538. The van der Waals surface area contributed by atoms with E-state index in [9.17, 15) is 8.42 Å². The monoisotopic (exact) mass is 333 g/mol. The second kappa shape index (κ2) is 6.68. The van der Waals surface area contributed by atoms with Crippen molar-refractivity contribution in [2.24, 2.45) is 5.92 Å². The number of hydrogen-bond acceptors (Lipinski definition) is 3. The summed E-state index contributed by atoms with van der Waals surface area (Å²) in [7, 11) is -3.27. The molecular weight excluding hydrogens is 314 g/mol. The molecule has 0 heterocycles. The van der Waals surface area contributed by atoms with Crippen molar-refractivity contribution in [2.75, 3.05) is 12.3 Å². The predicted molar refractivity (Wildman–Crippen MR) is 78.5 cm³/mol. The van der Waals surface area contributed by atoms with E-state index >= 15 is 0 Å². The highest BCUT2D eigenvalue weighted by Gasteiger charge is 2.24. The second-order valence-electron chi connectivity index (χ2n) is 4.62. The van der Waals surface area contributed by atoms with Crippen LogP contribution in [0.1, 0.15) is 20.8 Å². The molecule has 1 unspecified atom stereocenters. The zero-order chi connectivity index (χ0) is 13.8. The molecule has 0 aliphatic carbocycles. The summed E-state index contributed by atoms with van der Waals surface area (Å²) in [4.78, 5) is 0.369. The lowest BCUT2D eigenvalue weighted by molar-refractivity contribution is 0.435. The minimum Gasteiger partial charge on any atom is -0.313 e. The van der Waals surface area contributed by atoms with E-state index in [4.69, 9.17) is 0 Å². The average molecular weight is 334 g/mol. The normalized spacial score (nSPS) is 13.8. The number of halogens is 1. The number of hydrogen-bond donors (Lipinski definition) is 1. The third kappa shape index (κ3) is 4.07. The van der Waals surface area contributed by atoms with Gasteiger partial charge in [0, 0.05) is 10.5 Å². The maximum Gasteiger partial charge on any atom is 0.181 e. The number of benzene rings is 1. The molecule has 1 aromatic rings. The van der Waals surface area contributed by atoms with Crippen molar-refractivity contribution in [2.45, 2.75) is 31.7 Å². The molecule has 0 saturated heterocycles. The first kappa shape index (κ1) is 15.7. The number of nitrogens with one attached hydrogen (secondary N) is 1. The van der Waals surface area contributed by atoms with Gasteiger partial charge in [0.2, 0.25) is 0 Å². The summed E-state index contributed by atoms with van der Waals surface area (Å²) in [5.41, 5.74) is 0. The SMILES string of the molecule is CCNC(CS(=O)(=O)c1ccccc1Br)C(C)C. The number of sulfone groups is 1. The highest BCUT2D eigenvalue weighted by molar-refractivity contribution is 9.10. The van der Waals surface area contributed by atoms with Gasteiger partial charge in [-0.3, -0.25) is 0 Å². The minimum absolute atomic E-state index is 0.0212. The van der Waals surface area contributed by atoms with Gasteiger partial charge < -0.3 is 5.32 Å². The van der Waals surface area contributed by atoms with Crippen molar-refractivity contribution >= 4 is 25.8 Å². The fourth-order valence-electron chi connectivity index (χ4n) is 1.77. The first-order valence-electron chi connectivity index (χ1n) is 6.09. The van der Waals surface area contributed by atoms with Crippen LogP contribution in [-0.2, 0) is 9.84 Å². The third-order valence-corrected chi connectivity index (χ3v) is 5.62. The molecule has 0 fully saturated rings. The van der Waals surface area contributed by atoms with E-state index < -0.39 is 9.84 Å². The summed E-state index contributed by atoms with van der Waals surface area (Å²) in [6.45, 7) is 6.82. The van der Waals surface area contributed by atoms with Crippen molar-refractivity contribution in [3.05, 3.63) is 28.7 Å². The molecule has 0 amide bonds. The fourth-order valence-corrected chi connectivity index (χ4v) is 4.60. The van der Waals surface area contributed by atoms with Crippen LogP contribution in [-0.4, -0.2) is 26.8 Å². The highest BCUT2D eigenvalue weighted by Crippen LogP contribution is 2.23. The van der Waals surface area contributed by atoms with Crippen molar-refractivity contribution in [3.8, 4) is 0 Å². The van der Waals surface area contributed by atoms with Crippen molar-refractivity contribution in [1.29, 1.82) is 0 Å². The lowest BCUT2D eigenvalue weighted by atomic mass is 10.1. The van der Waals surface area contributed by atoms with Crippen LogP contribution in [0.15, 0.2) is 33.6 Å². The van der Waals surface area contributed by atoms with Gasteiger partial charge in [-0.05, 0) is 40.5 Å². The maximum atomic E-state index is 12.4. The Balaban J connectivity index is 2.97. The molecule has 1 atom stereocenters. The Morgan fingerprint density at radius 3 is 2.39 bits per heavy atom. The molecule has 0 aliphatic heterocycles. The van der Waals surface area contributed by atoms with E-state index in [0.717, 1.165) is 6.54 Å². The van der Waals surface area contributed by atoms with Crippen molar-refractivity contribution < 1.29 is 8.42 Å². The molecule has 0 aliphatic rings. The largest absolute Gasteiger partial charge is 0.313 e. The predicted octanol–water partition coefficient (Wildman–Crippen LogP) is 2.86. The topological polar surface area (TPSA) is 46.2 Å². The van der Waals surface area contributed by atoms with E-state index in [-0.39, 0.29) is 17.7 Å². The summed E-state index contributed by atoms with van der Waals surface area (Å²) in [6, 6.07) is 6.93. The average Bonchev–Trinajstić information content (AvgIpc) is 2.28. The van der Waals surface area contributed by atoms with Crippen molar-refractivity contribution in [1.82, 2.24) is 5.32 Å². The molecular formula is C13H20BrNO2S. The maximum absolute atomic E-state index is 12.4. The first-order valence-corrected chi connectivity index (χ1v) is 8.53. The molecule has 102 valence electrons. The summed E-state index contributed by atoms with van der Waals surface area (Å²) in [5.74, 6) is 0.406. The van der Waals surface area contributed by atoms with Gasteiger partial charge in [-0.1, -0.05) is 32.9 Å².